The molecular formula is C15H19NO3. The molecule has 1 N–H and O–H groups in total. The van der Waals surface area contributed by atoms with Gasteiger partial charge in [-0.1, -0.05) is 25.1 Å². The van der Waals surface area contributed by atoms with Crippen LogP contribution in [0.25, 0.3) is 0 Å². The number of rotatable bonds is 2. The van der Waals surface area contributed by atoms with Gasteiger partial charge >= 0.3 is 5.97 Å². The molecule has 3 unspecified atom stereocenters. The van der Waals surface area contributed by atoms with Crippen LogP contribution in [0.1, 0.15) is 31.4 Å². The lowest BCUT2D eigenvalue weighted by Gasteiger charge is -2.36. The molecule has 0 amide bonds. The second-order valence-corrected chi connectivity index (χ2v) is 5.48. The Hall–Kier alpha value is -1.55. The van der Waals surface area contributed by atoms with Gasteiger partial charge in [-0.25, -0.2) is 0 Å². The number of ether oxygens (including phenoxy) is 1. The van der Waals surface area contributed by atoms with Crippen LogP contribution in [0, 0.1) is 5.92 Å². The van der Waals surface area contributed by atoms with Crippen molar-refractivity contribution in [3.05, 3.63) is 29.8 Å². The van der Waals surface area contributed by atoms with Crippen LogP contribution >= 0.6 is 0 Å². The summed E-state index contributed by atoms with van der Waals surface area (Å²) in [6.45, 7) is 3.56. The monoisotopic (exact) mass is 261 g/mol. The van der Waals surface area contributed by atoms with Gasteiger partial charge in [-0.3, -0.25) is 9.69 Å². The molecule has 0 spiro atoms. The van der Waals surface area contributed by atoms with Gasteiger partial charge in [0.2, 0.25) is 0 Å². The van der Waals surface area contributed by atoms with Gasteiger partial charge in [0.05, 0.1) is 6.61 Å². The summed E-state index contributed by atoms with van der Waals surface area (Å²) in [5.74, 6) is 0.420. The fourth-order valence-corrected chi connectivity index (χ4v) is 3.38. The smallest absolute Gasteiger partial charge is 0.321 e. The Morgan fingerprint density at radius 1 is 1.37 bits per heavy atom. The third kappa shape index (κ3) is 2.10. The molecular weight excluding hydrogens is 242 g/mol. The first kappa shape index (κ1) is 12.5. The number of hydrogen-bond acceptors (Lipinski definition) is 3. The molecule has 0 aliphatic carbocycles. The van der Waals surface area contributed by atoms with E-state index in [-0.39, 0.29) is 18.0 Å². The summed E-state index contributed by atoms with van der Waals surface area (Å²) in [5.41, 5.74) is 1.13. The predicted molar refractivity (Wildman–Crippen MR) is 71.2 cm³/mol. The summed E-state index contributed by atoms with van der Waals surface area (Å²) < 4.78 is 5.66. The molecule has 0 aromatic heterocycles. The van der Waals surface area contributed by atoms with E-state index in [2.05, 4.69) is 11.0 Å². The van der Waals surface area contributed by atoms with Gasteiger partial charge < -0.3 is 9.84 Å². The average Bonchev–Trinajstić information content (AvgIpc) is 2.80. The molecule has 0 bridgehead atoms. The molecule has 19 heavy (non-hydrogen) atoms. The van der Waals surface area contributed by atoms with Crippen molar-refractivity contribution in [3.8, 4) is 5.75 Å². The Balaban J connectivity index is 1.93. The minimum absolute atomic E-state index is 0.177. The Morgan fingerprint density at radius 3 is 2.95 bits per heavy atom. The van der Waals surface area contributed by atoms with Gasteiger partial charge in [-0.05, 0) is 24.9 Å². The third-order valence-electron chi connectivity index (χ3n) is 4.32. The molecule has 3 rings (SSSR count). The minimum atomic E-state index is -0.700. The predicted octanol–water partition coefficient (Wildman–Crippen LogP) is 2.31. The molecule has 1 aromatic rings. The number of likely N-dealkylation sites (tertiary alicyclic amines) is 1. The van der Waals surface area contributed by atoms with Crippen LogP contribution in [0.3, 0.4) is 0 Å². The van der Waals surface area contributed by atoms with Crippen LogP contribution in [0.5, 0.6) is 5.75 Å². The van der Waals surface area contributed by atoms with Crippen LogP contribution < -0.4 is 4.74 Å². The van der Waals surface area contributed by atoms with E-state index in [1.54, 1.807) is 0 Å². The van der Waals surface area contributed by atoms with E-state index < -0.39 is 5.97 Å². The van der Waals surface area contributed by atoms with Gasteiger partial charge in [0, 0.05) is 18.0 Å². The second-order valence-electron chi connectivity index (χ2n) is 5.48. The van der Waals surface area contributed by atoms with Crippen molar-refractivity contribution in [1.29, 1.82) is 0 Å². The van der Waals surface area contributed by atoms with Crippen molar-refractivity contribution < 1.29 is 14.6 Å². The zero-order valence-corrected chi connectivity index (χ0v) is 11.1. The molecule has 3 atom stereocenters. The number of carboxylic acid groups (broad SMARTS) is 1. The number of carbonyl (C=O) groups is 1. The average molecular weight is 261 g/mol. The number of benzene rings is 1. The van der Waals surface area contributed by atoms with Crippen molar-refractivity contribution in [2.45, 2.75) is 31.8 Å². The Labute approximate surface area is 113 Å². The quantitative estimate of drug-likeness (QED) is 0.887. The maximum absolute atomic E-state index is 11.5. The zero-order chi connectivity index (χ0) is 13.4. The van der Waals surface area contributed by atoms with Crippen molar-refractivity contribution in [3.63, 3.8) is 0 Å². The summed E-state index contributed by atoms with van der Waals surface area (Å²) in [6, 6.07) is 7.79. The van der Waals surface area contributed by atoms with E-state index in [4.69, 9.17) is 4.74 Å². The van der Waals surface area contributed by atoms with E-state index in [9.17, 15) is 9.90 Å². The van der Waals surface area contributed by atoms with Crippen molar-refractivity contribution in [2.24, 2.45) is 5.92 Å². The summed E-state index contributed by atoms with van der Waals surface area (Å²) in [7, 11) is 0. The summed E-state index contributed by atoms with van der Waals surface area (Å²) in [5, 5.41) is 9.46. The highest BCUT2D eigenvalue weighted by molar-refractivity contribution is 5.74. The Morgan fingerprint density at radius 2 is 2.16 bits per heavy atom. The molecule has 102 valence electrons. The molecule has 2 heterocycles. The fraction of sp³-hybridized carbons (Fsp3) is 0.533. The van der Waals surface area contributed by atoms with Crippen LogP contribution in [-0.2, 0) is 4.79 Å². The molecule has 0 saturated carbocycles. The summed E-state index contributed by atoms with van der Waals surface area (Å²) >= 11 is 0. The van der Waals surface area contributed by atoms with Crippen LogP contribution in [-0.4, -0.2) is 35.2 Å². The van der Waals surface area contributed by atoms with E-state index in [0.29, 0.717) is 6.61 Å². The Kier molecular flexibility index (Phi) is 3.19. The van der Waals surface area contributed by atoms with Crippen molar-refractivity contribution in [2.75, 3.05) is 13.2 Å². The van der Waals surface area contributed by atoms with Crippen LogP contribution in [0.15, 0.2) is 24.3 Å². The van der Waals surface area contributed by atoms with Crippen LogP contribution in [0.2, 0.25) is 0 Å². The van der Waals surface area contributed by atoms with Crippen molar-refractivity contribution in [1.82, 2.24) is 4.90 Å². The Bertz CT molecular complexity index is 488. The number of carboxylic acids is 1. The third-order valence-corrected chi connectivity index (χ3v) is 4.32. The standard InChI is InChI=1S/C15H19NO3/c1-10-6-8-16(14(10)15(17)18)12-7-9-19-13-5-3-2-4-11(12)13/h2-5,10,12,14H,6-9H2,1H3,(H,17,18). The lowest BCUT2D eigenvalue weighted by atomic mass is 9.96. The molecule has 4 nitrogen and oxygen atoms in total. The van der Waals surface area contributed by atoms with E-state index in [1.807, 2.05) is 25.1 Å². The molecule has 2 aliphatic rings. The topological polar surface area (TPSA) is 49.8 Å². The molecule has 1 fully saturated rings. The number of aliphatic carboxylic acids is 1. The zero-order valence-electron chi connectivity index (χ0n) is 11.1. The molecule has 2 aliphatic heterocycles. The molecule has 1 saturated heterocycles. The van der Waals surface area contributed by atoms with Crippen molar-refractivity contribution >= 4 is 5.97 Å². The normalized spacial score (nSPS) is 30.7. The first-order chi connectivity index (χ1) is 9.18. The SMILES string of the molecule is CC1CCN(C2CCOc3ccccc32)C1C(=O)O. The highest BCUT2D eigenvalue weighted by Crippen LogP contribution is 2.40. The van der Waals surface area contributed by atoms with Gasteiger partial charge in [-0.15, -0.1) is 0 Å². The van der Waals surface area contributed by atoms with E-state index in [1.165, 1.54) is 0 Å². The largest absolute Gasteiger partial charge is 0.493 e. The first-order valence-corrected chi connectivity index (χ1v) is 6.89. The number of para-hydroxylation sites is 1. The van der Waals surface area contributed by atoms with Gasteiger partial charge in [0.15, 0.2) is 0 Å². The minimum Gasteiger partial charge on any atom is -0.493 e. The van der Waals surface area contributed by atoms with Gasteiger partial charge in [-0.2, -0.15) is 0 Å². The van der Waals surface area contributed by atoms with E-state index in [0.717, 1.165) is 30.7 Å². The summed E-state index contributed by atoms with van der Waals surface area (Å²) in [4.78, 5) is 13.7. The molecule has 1 aromatic carbocycles. The highest BCUT2D eigenvalue weighted by atomic mass is 16.5. The molecule has 4 heteroatoms. The van der Waals surface area contributed by atoms with E-state index >= 15 is 0 Å². The maximum atomic E-state index is 11.5. The fourth-order valence-electron chi connectivity index (χ4n) is 3.38. The highest BCUT2D eigenvalue weighted by Gasteiger charge is 2.42. The lowest BCUT2D eigenvalue weighted by Crippen LogP contribution is -2.42. The van der Waals surface area contributed by atoms with Gasteiger partial charge in [0.25, 0.3) is 0 Å². The lowest BCUT2D eigenvalue weighted by molar-refractivity contribution is -0.144. The number of fused-ring (bicyclic) bond motifs is 1. The maximum Gasteiger partial charge on any atom is 0.321 e. The first-order valence-electron chi connectivity index (χ1n) is 6.89. The second kappa shape index (κ2) is 4.85. The summed E-state index contributed by atoms with van der Waals surface area (Å²) in [6.07, 6.45) is 1.82. The van der Waals surface area contributed by atoms with Crippen LogP contribution in [0.4, 0.5) is 0 Å². The number of nitrogens with zero attached hydrogens (tertiary/aromatic N) is 1. The van der Waals surface area contributed by atoms with Gasteiger partial charge in [0.1, 0.15) is 11.8 Å². The molecule has 0 radical (unpaired) electrons. The number of hydrogen-bond donors (Lipinski definition) is 1.